The minimum Gasteiger partial charge on any atom is -0.481 e. The van der Waals surface area contributed by atoms with Crippen molar-refractivity contribution >= 4 is 0 Å². The highest BCUT2D eigenvalue weighted by atomic mass is 16.5. The van der Waals surface area contributed by atoms with Crippen LogP contribution in [0.25, 0.3) is 0 Å². The number of fused-ring (bicyclic) bond motifs is 1. The van der Waals surface area contributed by atoms with Crippen molar-refractivity contribution in [3.63, 3.8) is 0 Å². The van der Waals surface area contributed by atoms with Crippen LogP contribution in [0.3, 0.4) is 0 Å². The molecule has 0 saturated carbocycles. The van der Waals surface area contributed by atoms with E-state index in [9.17, 15) is 0 Å². The highest BCUT2D eigenvalue weighted by Crippen LogP contribution is 2.22. The van der Waals surface area contributed by atoms with Crippen LogP contribution in [0.2, 0.25) is 0 Å². The molecular formula is C14H21N3O. The summed E-state index contributed by atoms with van der Waals surface area (Å²) in [4.78, 5) is 9.46. The first-order valence-electron chi connectivity index (χ1n) is 6.80. The summed E-state index contributed by atoms with van der Waals surface area (Å²) >= 11 is 0. The Kier molecular flexibility index (Phi) is 3.48. The summed E-state index contributed by atoms with van der Waals surface area (Å²) in [5.74, 6) is 0.694. The second-order valence-electron chi connectivity index (χ2n) is 5.28. The van der Waals surface area contributed by atoms with Gasteiger partial charge in [0.05, 0.1) is 7.11 Å². The monoisotopic (exact) mass is 247 g/mol. The number of pyridine rings is 1. The Balaban J connectivity index is 1.58. The number of methoxy groups -OCH3 is 1. The molecule has 0 N–H and O–H groups in total. The van der Waals surface area contributed by atoms with Crippen LogP contribution in [0, 0.1) is 0 Å². The fourth-order valence-corrected chi connectivity index (χ4v) is 3.08. The van der Waals surface area contributed by atoms with Crippen molar-refractivity contribution in [2.75, 3.05) is 33.3 Å². The highest BCUT2D eigenvalue weighted by molar-refractivity contribution is 5.17. The van der Waals surface area contributed by atoms with Crippen LogP contribution < -0.4 is 4.74 Å². The Morgan fingerprint density at radius 1 is 1.33 bits per heavy atom. The molecule has 18 heavy (non-hydrogen) atoms. The second-order valence-corrected chi connectivity index (χ2v) is 5.28. The molecule has 3 rings (SSSR count). The van der Waals surface area contributed by atoms with Crippen molar-refractivity contribution in [2.24, 2.45) is 0 Å². The van der Waals surface area contributed by atoms with Crippen molar-refractivity contribution in [1.82, 2.24) is 14.8 Å². The van der Waals surface area contributed by atoms with Crippen molar-refractivity contribution in [3.05, 3.63) is 23.9 Å². The maximum atomic E-state index is 5.08. The number of hydrogen-bond donors (Lipinski definition) is 0. The van der Waals surface area contributed by atoms with Gasteiger partial charge < -0.3 is 4.74 Å². The summed E-state index contributed by atoms with van der Waals surface area (Å²) in [6, 6.07) is 4.86. The van der Waals surface area contributed by atoms with Crippen LogP contribution in [-0.4, -0.2) is 54.1 Å². The average molecular weight is 247 g/mol. The lowest BCUT2D eigenvalue weighted by molar-refractivity contribution is 0.0993. The average Bonchev–Trinajstić information content (AvgIpc) is 2.87. The fraction of sp³-hybridized carbons (Fsp3) is 0.643. The van der Waals surface area contributed by atoms with Crippen LogP contribution in [0.5, 0.6) is 5.88 Å². The van der Waals surface area contributed by atoms with E-state index < -0.39 is 0 Å². The molecule has 3 heterocycles. The van der Waals surface area contributed by atoms with Gasteiger partial charge in [-0.1, -0.05) is 6.07 Å². The Morgan fingerprint density at radius 2 is 2.28 bits per heavy atom. The zero-order chi connectivity index (χ0) is 12.4. The molecule has 0 amide bonds. The Bertz CT molecular complexity index is 393. The number of ether oxygens (including phenoxy) is 1. The molecule has 0 radical (unpaired) electrons. The first-order chi connectivity index (χ1) is 8.85. The SMILES string of the molecule is COc1ccc(CN2CCN3CCCC3C2)cn1. The molecule has 4 nitrogen and oxygen atoms in total. The second kappa shape index (κ2) is 5.24. The summed E-state index contributed by atoms with van der Waals surface area (Å²) < 4.78 is 5.08. The van der Waals surface area contributed by atoms with Gasteiger partial charge in [0.15, 0.2) is 0 Å². The van der Waals surface area contributed by atoms with Crippen LogP contribution in [0.15, 0.2) is 18.3 Å². The van der Waals surface area contributed by atoms with Gasteiger partial charge in [0.1, 0.15) is 0 Å². The summed E-state index contributed by atoms with van der Waals surface area (Å²) in [6.45, 7) is 5.95. The van der Waals surface area contributed by atoms with E-state index in [1.807, 2.05) is 12.3 Å². The van der Waals surface area contributed by atoms with Gasteiger partial charge >= 0.3 is 0 Å². The molecule has 0 bridgehead atoms. The van der Waals surface area contributed by atoms with Gasteiger partial charge in [-0.3, -0.25) is 9.80 Å². The number of nitrogens with zero attached hydrogens (tertiary/aromatic N) is 3. The molecular weight excluding hydrogens is 226 g/mol. The van der Waals surface area contributed by atoms with Gasteiger partial charge in [-0.2, -0.15) is 0 Å². The van der Waals surface area contributed by atoms with Crippen molar-refractivity contribution in [2.45, 2.75) is 25.4 Å². The lowest BCUT2D eigenvalue weighted by Gasteiger charge is -2.37. The van der Waals surface area contributed by atoms with Crippen molar-refractivity contribution in [3.8, 4) is 5.88 Å². The molecule has 0 aliphatic carbocycles. The highest BCUT2D eigenvalue weighted by Gasteiger charge is 2.30. The summed E-state index contributed by atoms with van der Waals surface area (Å²) in [7, 11) is 1.65. The van der Waals surface area contributed by atoms with Gasteiger partial charge in [0.2, 0.25) is 5.88 Å². The third-order valence-electron chi connectivity index (χ3n) is 4.08. The van der Waals surface area contributed by atoms with E-state index >= 15 is 0 Å². The molecule has 0 spiro atoms. The third-order valence-corrected chi connectivity index (χ3v) is 4.08. The maximum Gasteiger partial charge on any atom is 0.212 e. The Hall–Kier alpha value is -1.13. The molecule has 2 aliphatic heterocycles. The molecule has 2 aliphatic rings. The van der Waals surface area contributed by atoms with Crippen LogP contribution in [0.1, 0.15) is 18.4 Å². The minimum absolute atomic E-state index is 0.694. The molecule has 98 valence electrons. The Labute approximate surface area is 109 Å². The third kappa shape index (κ3) is 2.49. The van der Waals surface area contributed by atoms with Gasteiger partial charge in [0.25, 0.3) is 0 Å². The molecule has 0 aromatic carbocycles. The molecule has 2 saturated heterocycles. The van der Waals surface area contributed by atoms with Crippen LogP contribution in [-0.2, 0) is 6.54 Å². The largest absolute Gasteiger partial charge is 0.481 e. The number of aromatic nitrogens is 1. The first kappa shape index (κ1) is 11.9. The standard InChI is InChI=1S/C14H21N3O/c1-18-14-5-4-12(9-15-14)10-16-7-8-17-6-2-3-13(17)11-16/h4-5,9,13H,2-3,6-8,10-11H2,1H3. The molecule has 2 fully saturated rings. The minimum atomic E-state index is 0.694. The van der Waals surface area contributed by atoms with E-state index in [-0.39, 0.29) is 0 Å². The van der Waals surface area contributed by atoms with E-state index in [4.69, 9.17) is 4.74 Å². The number of hydrogen-bond acceptors (Lipinski definition) is 4. The smallest absolute Gasteiger partial charge is 0.212 e. The molecule has 1 unspecified atom stereocenters. The molecule has 1 aromatic heterocycles. The molecule has 1 aromatic rings. The summed E-state index contributed by atoms with van der Waals surface area (Å²) in [5, 5.41) is 0. The Morgan fingerprint density at radius 3 is 3.06 bits per heavy atom. The zero-order valence-electron chi connectivity index (χ0n) is 11.0. The lowest BCUT2D eigenvalue weighted by atomic mass is 10.1. The quantitative estimate of drug-likeness (QED) is 0.806. The number of piperazine rings is 1. The van der Waals surface area contributed by atoms with E-state index in [1.54, 1.807) is 7.11 Å². The van der Waals surface area contributed by atoms with E-state index in [0.717, 1.165) is 12.6 Å². The van der Waals surface area contributed by atoms with Crippen LogP contribution >= 0.6 is 0 Å². The lowest BCUT2D eigenvalue weighted by Crippen LogP contribution is -2.49. The van der Waals surface area contributed by atoms with Gasteiger partial charge in [-0.25, -0.2) is 4.98 Å². The fourth-order valence-electron chi connectivity index (χ4n) is 3.08. The van der Waals surface area contributed by atoms with E-state index in [1.165, 1.54) is 44.6 Å². The van der Waals surface area contributed by atoms with Crippen LogP contribution in [0.4, 0.5) is 0 Å². The summed E-state index contributed by atoms with van der Waals surface area (Å²) in [6.07, 6.45) is 4.68. The zero-order valence-corrected chi connectivity index (χ0v) is 11.0. The predicted octanol–water partition coefficient (Wildman–Crippen LogP) is 1.37. The van der Waals surface area contributed by atoms with Gasteiger partial charge in [-0.05, 0) is 24.9 Å². The van der Waals surface area contributed by atoms with Crippen molar-refractivity contribution in [1.29, 1.82) is 0 Å². The van der Waals surface area contributed by atoms with Crippen molar-refractivity contribution < 1.29 is 4.74 Å². The van der Waals surface area contributed by atoms with Gasteiger partial charge in [0, 0.05) is 44.5 Å². The molecule has 4 heteroatoms. The molecule has 1 atom stereocenters. The summed E-state index contributed by atoms with van der Waals surface area (Å²) in [5.41, 5.74) is 1.28. The predicted molar refractivity (Wildman–Crippen MR) is 70.7 cm³/mol. The topological polar surface area (TPSA) is 28.6 Å². The maximum absolute atomic E-state index is 5.08. The first-order valence-corrected chi connectivity index (χ1v) is 6.80. The number of rotatable bonds is 3. The van der Waals surface area contributed by atoms with E-state index in [2.05, 4.69) is 20.9 Å². The van der Waals surface area contributed by atoms with Gasteiger partial charge in [-0.15, -0.1) is 0 Å². The normalized spacial score (nSPS) is 25.1. The van der Waals surface area contributed by atoms with E-state index in [0.29, 0.717) is 5.88 Å².